The number of hydrogen-bond acceptors (Lipinski definition) is 4. The van der Waals surface area contributed by atoms with E-state index in [2.05, 4.69) is 15.3 Å². The molecule has 0 saturated heterocycles. The van der Waals surface area contributed by atoms with Crippen molar-refractivity contribution in [2.24, 2.45) is 0 Å². The number of nitrogens with zero attached hydrogens (tertiary/aromatic N) is 2. The predicted octanol–water partition coefficient (Wildman–Crippen LogP) is 2.46. The number of benzene rings is 1. The fourth-order valence-corrected chi connectivity index (χ4v) is 2.00. The topological polar surface area (TPSA) is 80.9 Å². The second kappa shape index (κ2) is 4.97. The summed E-state index contributed by atoms with van der Waals surface area (Å²) in [6, 6.07) is 12.5. The fourth-order valence-electron chi connectivity index (χ4n) is 2.00. The van der Waals surface area contributed by atoms with Gasteiger partial charge in [0.25, 0.3) is 5.91 Å². The number of nitrogens with one attached hydrogen (secondary N) is 1. The van der Waals surface area contributed by atoms with Gasteiger partial charge in [0, 0.05) is 23.3 Å². The summed E-state index contributed by atoms with van der Waals surface area (Å²) in [5.41, 5.74) is 7.51. The summed E-state index contributed by atoms with van der Waals surface area (Å²) in [5.74, 6) is 0.104. The van der Waals surface area contributed by atoms with Gasteiger partial charge in [0.2, 0.25) is 0 Å². The van der Waals surface area contributed by atoms with Crippen LogP contribution >= 0.6 is 0 Å². The van der Waals surface area contributed by atoms with E-state index < -0.39 is 0 Å². The number of fused-ring (bicyclic) bond motifs is 1. The van der Waals surface area contributed by atoms with Crippen molar-refractivity contribution >= 4 is 28.3 Å². The number of aromatic nitrogens is 2. The quantitative estimate of drug-likeness (QED) is 0.745. The van der Waals surface area contributed by atoms with E-state index in [0.29, 0.717) is 17.1 Å². The number of nitrogen functional groups attached to an aromatic ring is 1. The van der Waals surface area contributed by atoms with Crippen molar-refractivity contribution in [1.29, 1.82) is 0 Å². The minimum Gasteiger partial charge on any atom is -0.396 e. The van der Waals surface area contributed by atoms with E-state index in [1.54, 1.807) is 42.7 Å². The molecule has 0 unspecified atom stereocenters. The van der Waals surface area contributed by atoms with Gasteiger partial charge in [-0.3, -0.25) is 9.78 Å². The minimum atomic E-state index is -0.256. The van der Waals surface area contributed by atoms with Crippen LogP contribution in [0.25, 0.3) is 10.9 Å². The minimum absolute atomic E-state index is 0.256. The van der Waals surface area contributed by atoms with Gasteiger partial charge < -0.3 is 11.1 Å². The predicted molar refractivity (Wildman–Crippen MR) is 78.3 cm³/mol. The van der Waals surface area contributed by atoms with E-state index in [1.165, 1.54) is 0 Å². The maximum absolute atomic E-state index is 12.3. The van der Waals surface area contributed by atoms with E-state index in [-0.39, 0.29) is 5.91 Å². The molecule has 3 N–H and O–H groups in total. The Labute approximate surface area is 115 Å². The van der Waals surface area contributed by atoms with Crippen LogP contribution in [-0.4, -0.2) is 15.9 Å². The first kappa shape index (κ1) is 12.1. The second-order valence-corrected chi connectivity index (χ2v) is 4.27. The standard InChI is InChI=1S/C15H12N4O/c16-12-6-3-9-18-14(12)19-15(20)11-4-1-7-13-10(11)5-2-8-17-13/h1-9H,16H2,(H,18,19,20). The van der Waals surface area contributed by atoms with Gasteiger partial charge in [0.15, 0.2) is 5.82 Å². The number of nitrogens with two attached hydrogens (primary N) is 1. The average molecular weight is 264 g/mol. The highest BCUT2D eigenvalue weighted by Crippen LogP contribution is 2.19. The summed E-state index contributed by atoms with van der Waals surface area (Å²) in [7, 11) is 0. The van der Waals surface area contributed by atoms with E-state index in [1.807, 2.05) is 12.1 Å². The molecule has 0 radical (unpaired) electrons. The van der Waals surface area contributed by atoms with Crippen molar-refractivity contribution in [2.75, 3.05) is 11.1 Å². The van der Waals surface area contributed by atoms with E-state index in [4.69, 9.17) is 5.73 Å². The van der Waals surface area contributed by atoms with Gasteiger partial charge in [-0.25, -0.2) is 4.98 Å². The van der Waals surface area contributed by atoms with Gasteiger partial charge in [0.1, 0.15) is 0 Å². The summed E-state index contributed by atoms with van der Waals surface area (Å²) in [6.45, 7) is 0. The van der Waals surface area contributed by atoms with Crippen LogP contribution < -0.4 is 11.1 Å². The van der Waals surface area contributed by atoms with Crippen molar-refractivity contribution in [2.45, 2.75) is 0 Å². The molecule has 3 aromatic rings. The van der Waals surface area contributed by atoms with Gasteiger partial charge in [-0.05, 0) is 30.3 Å². The summed E-state index contributed by atoms with van der Waals surface area (Å²) in [5, 5.41) is 3.51. The van der Waals surface area contributed by atoms with Crippen molar-refractivity contribution < 1.29 is 4.79 Å². The van der Waals surface area contributed by atoms with Crippen LogP contribution in [0.2, 0.25) is 0 Å². The molecule has 0 atom stereocenters. The van der Waals surface area contributed by atoms with Gasteiger partial charge in [-0.15, -0.1) is 0 Å². The number of rotatable bonds is 2. The first-order valence-corrected chi connectivity index (χ1v) is 6.11. The molecule has 5 nitrogen and oxygen atoms in total. The van der Waals surface area contributed by atoms with Crippen molar-refractivity contribution in [3.63, 3.8) is 0 Å². The Kier molecular flexibility index (Phi) is 3.01. The first-order chi connectivity index (χ1) is 9.75. The third-order valence-corrected chi connectivity index (χ3v) is 2.96. The summed E-state index contributed by atoms with van der Waals surface area (Å²) >= 11 is 0. The molecule has 3 rings (SSSR count). The molecule has 1 amide bonds. The lowest BCUT2D eigenvalue weighted by molar-refractivity contribution is 0.102. The smallest absolute Gasteiger partial charge is 0.257 e. The third-order valence-electron chi connectivity index (χ3n) is 2.96. The Balaban J connectivity index is 1.99. The van der Waals surface area contributed by atoms with Crippen LogP contribution in [0.3, 0.4) is 0 Å². The van der Waals surface area contributed by atoms with E-state index in [9.17, 15) is 4.79 Å². The first-order valence-electron chi connectivity index (χ1n) is 6.11. The van der Waals surface area contributed by atoms with Crippen LogP contribution in [0.5, 0.6) is 0 Å². The van der Waals surface area contributed by atoms with Crippen molar-refractivity contribution in [3.05, 3.63) is 60.4 Å². The maximum atomic E-state index is 12.3. The van der Waals surface area contributed by atoms with Gasteiger partial charge in [-0.2, -0.15) is 0 Å². The number of amides is 1. The Morgan fingerprint density at radius 1 is 1.00 bits per heavy atom. The molecular formula is C15H12N4O. The molecule has 0 aliphatic carbocycles. The van der Waals surface area contributed by atoms with Crippen molar-refractivity contribution in [1.82, 2.24) is 9.97 Å². The Morgan fingerprint density at radius 3 is 2.65 bits per heavy atom. The maximum Gasteiger partial charge on any atom is 0.257 e. The highest BCUT2D eigenvalue weighted by atomic mass is 16.1. The lowest BCUT2D eigenvalue weighted by Crippen LogP contribution is -2.14. The summed E-state index contributed by atoms with van der Waals surface area (Å²) < 4.78 is 0. The molecule has 0 aliphatic heterocycles. The molecule has 2 aromatic heterocycles. The third kappa shape index (κ3) is 2.16. The lowest BCUT2D eigenvalue weighted by Gasteiger charge is -2.08. The number of carbonyl (C=O) groups is 1. The van der Waals surface area contributed by atoms with Crippen LogP contribution in [0.15, 0.2) is 54.9 Å². The number of hydrogen-bond donors (Lipinski definition) is 2. The van der Waals surface area contributed by atoms with Crippen molar-refractivity contribution in [3.8, 4) is 0 Å². The van der Waals surface area contributed by atoms with Crippen LogP contribution in [0.4, 0.5) is 11.5 Å². The monoisotopic (exact) mass is 264 g/mol. The van der Waals surface area contributed by atoms with Gasteiger partial charge in [-0.1, -0.05) is 12.1 Å². The Bertz CT molecular complexity index is 780. The van der Waals surface area contributed by atoms with E-state index >= 15 is 0 Å². The zero-order valence-electron chi connectivity index (χ0n) is 10.6. The van der Waals surface area contributed by atoms with Gasteiger partial charge >= 0.3 is 0 Å². The summed E-state index contributed by atoms with van der Waals surface area (Å²) in [6.07, 6.45) is 3.28. The summed E-state index contributed by atoms with van der Waals surface area (Å²) in [4.78, 5) is 20.6. The molecule has 0 bridgehead atoms. The normalized spacial score (nSPS) is 10.4. The molecule has 1 aromatic carbocycles. The molecular weight excluding hydrogens is 252 g/mol. The average Bonchev–Trinajstić information content (AvgIpc) is 2.49. The molecule has 0 fully saturated rings. The molecule has 0 saturated carbocycles. The highest BCUT2D eigenvalue weighted by Gasteiger charge is 2.12. The molecule has 5 heteroatoms. The molecule has 0 aliphatic rings. The second-order valence-electron chi connectivity index (χ2n) is 4.27. The fraction of sp³-hybridized carbons (Fsp3) is 0. The number of carbonyl (C=O) groups excluding carboxylic acids is 1. The lowest BCUT2D eigenvalue weighted by atomic mass is 10.1. The molecule has 0 spiro atoms. The van der Waals surface area contributed by atoms with Crippen LogP contribution in [0.1, 0.15) is 10.4 Å². The molecule has 98 valence electrons. The zero-order chi connectivity index (χ0) is 13.9. The SMILES string of the molecule is Nc1cccnc1NC(=O)c1cccc2ncccc12. The largest absolute Gasteiger partial charge is 0.396 e. The molecule has 20 heavy (non-hydrogen) atoms. The zero-order valence-corrected chi connectivity index (χ0v) is 10.6. The van der Waals surface area contributed by atoms with E-state index in [0.717, 1.165) is 10.9 Å². The highest BCUT2D eigenvalue weighted by molar-refractivity contribution is 6.12. The Morgan fingerprint density at radius 2 is 1.80 bits per heavy atom. The van der Waals surface area contributed by atoms with Gasteiger partial charge in [0.05, 0.1) is 11.2 Å². The number of pyridine rings is 2. The number of anilines is 2. The Hall–Kier alpha value is -2.95. The van der Waals surface area contributed by atoms with Crippen LogP contribution in [-0.2, 0) is 0 Å². The molecule has 2 heterocycles. The van der Waals surface area contributed by atoms with Crippen LogP contribution in [0, 0.1) is 0 Å².